The summed E-state index contributed by atoms with van der Waals surface area (Å²) < 4.78 is 9.25. The first-order valence-corrected chi connectivity index (χ1v) is 7.04. The molecule has 0 heterocycles. The van der Waals surface area contributed by atoms with Gasteiger partial charge in [-0.25, -0.2) is 0 Å². The average molecular weight is 316 g/mol. The van der Waals surface area contributed by atoms with E-state index in [1.807, 2.05) is 12.1 Å². The van der Waals surface area contributed by atoms with Crippen LogP contribution in [0.15, 0.2) is 24.3 Å². The van der Waals surface area contributed by atoms with E-state index in [4.69, 9.17) is 43.7 Å². The fraction of sp³-hybridized carbons (Fsp3) is 0.455. The number of benzene rings is 1. The molecule has 0 radical (unpaired) electrons. The fourth-order valence-electron chi connectivity index (χ4n) is 1.02. The Morgan fingerprint density at radius 2 is 1.71 bits per heavy atom. The summed E-state index contributed by atoms with van der Waals surface area (Å²) in [5.41, 5.74) is 0. The number of halogens is 3. The van der Waals surface area contributed by atoms with Crippen LogP contribution in [-0.4, -0.2) is 9.73 Å². The molecule has 0 aliphatic rings. The lowest BCUT2D eigenvalue weighted by atomic mass is 10.3. The van der Waals surface area contributed by atoms with E-state index in [9.17, 15) is 0 Å². The highest BCUT2D eigenvalue weighted by Gasteiger charge is 2.22. The molecule has 17 heavy (non-hydrogen) atoms. The molecule has 0 aliphatic carbocycles. The molecule has 2 nitrogen and oxygen atoms in total. The Morgan fingerprint density at radius 1 is 1.12 bits per heavy atom. The predicted octanol–water partition coefficient (Wildman–Crippen LogP) is 5.22. The summed E-state index contributed by atoms with van der Waals surface area (Å²) in [6.07, 6.45) is 2.16. The number of rotatable bonds is 6. The van der Waals surface area contributed by atoms with Crippen LogP contribution in [0.5, 0.6) is 11.5 Å². The van der Waals surface area contributed by atoms with E-state index >= 15 is 0 Å². The van der Waals surface area contributed by atoms with E-state index in [0.717, 1.165) is 37.2 Å². The van der Waals surface area contributed by atoms with Gasteiger partial charge in [0.25, 0.3) is 3.12 Å². The van der Waals surface area contributed by atoms with E-state index in [-0.39, 0.29) is 0 Å². The first kappa shape index (κ1) is 15.1. The first-order chi connectivity index (χ1) is 8.01. The van der Waals surface area contributed by atoms with Gasteiger partial charge in [-0.05, 0) is 30.7 Å². The Bertz CT molecular complexity index is 324. The zero-order valence-corrected chi connectivity index (χ0v) is 12.4. The molecule has 6 heteroatoms. The van der Waals surface area contributed by atoms with Crippen LogP contribution in [0.1, 0.15) is 19.8 Å². The van der Waals surface area contributed by atoms with Gasteiger partial charge in [0.1, 0.15) is 23.5 Å². The molecular weight excluding hydrogens is 303 g/mol. The lowest BCUT2D eigenvalue weighted by Crippen LogP contribution is -1.98. The lowest BCUT2D eigenvalue weighted by molar-refractivity contribution is 0.309. The maximum absolute atomic E-state index is 5.54. The Hall–Kier alpha value is 0.0400. The quantitative estimate of drug-likeness (QED) is 0.407. The van der Waals surface area contributed by atoms with Crippen LogP contribution in [0.2, 0.25) is 0 Å². The highest BCUT2D eigenvalue weighted by atomic mass is 35.6. The third kappa shape index (κ3) is 7.14. The summed E-state index contributed by atoms with van der Waals surface area (Å²) in [5, 5.41) is 0. The molecule has 0 aromatic heterocycles. The summed E-state index contributed by atoms with van der Waals surface area (Å²) in [6, 6.07) is 7.18. The Morgan fingerprint density at radius 3 is 2.24 bits per heavy atom. The van der Waals surface area contributed by atoms with Crippen LogP contribution < -0.4 is 8.92 Å². The Balaban J connectivity index is 2.39. The summed E-state index contributed by atoms with van der Waals surface area (Å²) in [5.74, 6) is 1.42. The van der Waals surface area contributed by atoms with Crippen molar-refractivity contribution in [3.05, 3.63) is 24.3 Å². The first-order valence-electron chi connectivity index (χ1n) is 5.16. The van der Waals surface area contributed by atoms with Crippen molar-refractivity contribution in [2.24, 2.45) is 0 Å². The van der Waals surface area contributed by atoms with Crippen LogP contribution in [-0.2, 0) is 0 Å². The Kier molecular flexibility index (Phi) is 6.63. The maximum atomic E-state index is 5.54. The predicted molar refractivity (Wildman–Crippen MR) is 75.4 cm³/mol. The summed E-state index contributed by atoms with van der Waals surface area (Å²) in [7, 11) is 0. The molecule has 0 N–H and O–H groups in total. The lowest BCUT2D eigenvalue weighted by Gasteiger charge is -2.10. The van der Waals surface area contributed by atoms with Crippen molar-refractivity contribution in [2.45, 2.75) is 22.9 Å². The van der Waals surface area contributed by atoms with Crippen LogP contribution >= 0.6 is 46.8 Å². The second-order valence-corrected chi connectivity index (χ2v) is 7.19. The van der Waals surface area contributed by atoms with Gasteiger partial charge in [-0.15, -0.1) is 0 Å². The van der Waals surface area contributed by atoms with Crippen LogP contribution in [0.4, 0.5) is 0 Å². The molecule has 0 aliphatic heterocycles. The smallest absolute Gasteiger partial charge is 0.274 e. The van der Waals surface area contributed by atoms with Crippen molar-refractivity contribution in [1.29, 1.82) is 0 Å². The number of ether oxygens (including phenoxy) is 1. The van der Waals surface area contributed by atoms with E-state index in [0.29, 0.717) is 5.75 Å². The second-order valence-electron chi connectivity index (χ2n) is 3.29. The van der Waals surface area contributed by atoms with Gasteiger partial charge < -0.3 is 8.92 Å². The maximum Gasteiger partial charge on any atom is 0.274 e. The second kappa shape index (κ2) is 7.47. The van der Waals surface area contributed by atoms with Crippen LogP contribution in [0, 0.1) is 0 Å². The van der Waals surface area contributed by atoms with Gasteiger partial charge in [-0.2, -0.15) is 0 Å². The molecule has 0 atom stereocenters. The van der Waals surface area contributed by atoms with Gasteiger partial charge in [-0.1, -0.05) is 48.1 Å². The van der Waals surface area contributed by atoms with Crippen LogP contribution in [0.3, 0.4) is 0 Å². The molecule has 1 aromatic carbocycles. The molecule has 0 saturated heterocycles. The van der Waals surface area contributed by atoms with Gasteiger partial charge in [-0.3, -0.25) is 0 Å². The molecule has 1 rings (SSSR count). The SMILES string of the molecule is CCCCOc1ccc(OSC(Cl)(Cl)Cl)cc1. The largest absolute Gasteiger partial charge is 0.494 e. The third-order valence-electron chi connectivity index (χ3n) is 1.82. The highest BCUT2D eigenvalue weighted by Crippen LogP contribution is 2.40. The molecule has 0 spiro atoms. The topological polar surface area (TPSA) is 18.5 Å². The average Bonchev–Trinajstić information content (AvgIpc) is 2.27. The Labute approximate surface area is 121 Å². The molecule has 0 saturated carbocycles. The molecule has 0 fully saturated rings. The number of unbranched alkanes of at least 4 members (excludes halogenated alkanes) is 1. The van der Waals surface area contributed by atoms with Gasteiger partial charge in [0.2, 0.25) is 0 Å². The molecule has 1 aromatic rings. The van der Waals surface area contributed by atoms with E-state index in [1.165, 1.54) is 0 Å². The van der Waals surface area contributed by atoms with Gasteiger partial charge in [0.15, 0.2) is 0 Å². The van der Waals surface area contributed by atoms with Gasteiger partial charge >= 0.3 is 0 Å². The third-order valence-corrected chi connectivity index (χ3v) is 2.85. The molecule has 0 bridgehead atoms. The standard InChI is InChI=1S/C11H13Cl3O2S/c1-2-3-8-15-9-4-6-10(7-5-9)16-17-11(12,13)14/h4-7H,2-3,8H2,1H3. The minimum Gasteiger partial charge on any atom is -0.494 e. The molecular formula is C11H13Cl3O2S. The van der Waals surface area contributed by atoms with Crippen molar-refractivity contribution in [2.75, 3.05) is 6.61 Å². The number of alkyl halides is 3. The van der Waals surface area contributed by atoms with Crippen molar-refractivity contribution in [3.8, 4) is 11.5 Å². The van der Waals surface area contributed by atoms with Gasteiger partial charge in [0.05, 0.1) is 6.61 Å². The molecule has 0 unspecified atom stereocenters. The fourth-order valence-corrected chi connectivity index (χ4v) is 1.61. The van der Waals surface area contributed by atoms with Crippen molar-refractivity contribution < 1.29 is 8.92 Å². The normalized spacial score (nSPS) is 11.3. The van der Waals surface area contributed by atoms with Crippen molar-refractivity contribution in [3.63, 3.8) is 0 Å². The number of hydrogen-bond acceptors (Lipinski definition) is 3. The van der Waals surface area contributed by atoms with Crippen molar-refractivity contribution >= 4 is 46.8 Å². The summed E-state index contributed by atoms with van der Waals surface area (Å²) >= 11 is 17.4. The van der Waals surface area contributed by atoms with E-state index in [2.05, 4.69) is 6.92 Å². The van der Waals surface area contributed by atoms with E-state index < -0.39 is 3.12 Å². The van der Waals surface area contributed by atoms with Crippen LogP contribution in [0.25, 0.3) is 0 Å². The molecule has 0 amide bonds. The highest BCUT2D eigenvalue weighted by molar-refractivity contribution is 8.00. The number of hydrogen-bond donors (Lipinski definition) is 0. The monoisotopic (exact) mass is 314 g/mol. The zero-order valence-electron chi connectivity index (χ0n) is 9.29. The summed E-state index contributed by atoms with van der Waals surface area (Å²) in [4.78, 5) is 0. The minimum atomic E-state index is -1.48. The molecule has 96 valence electrons. The zero-order chi connectivity index (χ0) is 12.7. The van der Waals surface area contributed by atoms with Gasteiger partial charge in [0, 0.05) is 0 Å². The van der Waals surface area contributed by atoms with Crippen molar-refractivity contribution in [1.82, 2.24) is 0 Å². The minimum absolute atomic E-state index is 0.615. The van der Waals surface area contributed by atoms with E-state index in [1.54, 1.807) is 12.1 Å². The summed E-state index contributed by atoms with van der Waals surface area (Å²) in [6.45, 7) is 2.84.